The minimum atomic E-state index is -3.09. The van der Waals surface area contributed by atoms with Gasteiger partial charge in [-0.1, -0.05) is 18.5 Å². The van der Waals surface area contributed by atoms with Crippen LogP contribution in [0.25, 0.3) is 0 Å². The summed E-state index contributed by atoms with van der Waals surface area (Å²) in [5.41, 5.74) is 1.74. The third-order valence-corrected chi connectivity index (χ3v) is 5.94. The first kappa shape index (κ1) is 16.5. The van der Waals surface area contributed by atoms with Crippen LogP contribution in [0, 0.1) is 0 Å². The Kier molecular flexibility index (Phi) is 5.03. The number of nitrogens with zero attached hydrogens (tertiary/aromatic N) is 2. The van der Waals surface area contributed by atoms with Crippen LogP contribution in [-0.4, -0.2) is 35.7 Å². The van der Waals surface area contributed by atoms with Crippen LogP contribution in [0.2, 0.25) is 5.02 Å². The highest BCUT2D eigenvalue weighted by atomic mass is 35.5. The zero-order valence-corrected chi connectivity index (χ0v) is 13.7. The maximum Gasteiger partial charge on any atom is 0.153 e. The first-order valence-corrected chi connectivity index (χ1v) is 8.47. The van der Waals surface area contributed by atoms with Crippen LogP contribution in [0.3, 0.4) is 0 Å². The average molecular weight is 308 g/mol. The molecule has 1 heterocycles. The van der Waals surface area contributed by atoms with Crippen molar-refractivity contribution in [2.45, 2.75) is 38.5 Å². The first-order chi connectivity index (χ1) is 8.60. The predicted octanol–water partition coefficient (Wildman–Crippen LogP) is 1.55. The van der Waals surface area contributed by atoms with E-state index in [2.05, 4.69) is 10.4 Å². The molecule has 0 spiro atoms. The molecule has 0 saturated carbocycles. The van der Waals surface area contributed by atoms with Crippen LogP contribution < -0.4 is 5.32 Å². The molecule has 1 aromatic rings. The molecule has 0 saturated heterocycles. The molecular formula is C12H22ClN3O2S. The highest BCUT2D eigenvalue weighted by Crippen LogP contribution is 2.21. The summed E-state index contributed by atoms with van der Waals surface area (Å²) in [6, 6.07) is 0. The van der Waals surface area contributed by atoms with Gasteiger partial charge in [-0.15, -0.1) is 0 Å². The van der Waals surface area contributed by atoms with Gasteiger partial charge in [0.15, 0.2) is 9.84 Å². The van der Waals surface area contributed by atoms with Crippen LogP contribution in [0.4, 0.5) is 0 Å². The molecule has 0 amide bonds. The van der Waals surface area contributed by atoms with Crippen LogP contribution in [0.15, 0.2) is 0 Å². The third kappa shape index (κ3) is 3.70. The maximum atomic E-state index is 11.6. The lowest BCUT2D eigenvalue weighted by molar-refractivity contribution is 0.514. The second kappa shape index (κ2) is 5.81. The molecular weight excluding hydrogens is 286 g/mol. The normalized spacial score (nSPS) is 12.9. The Morgan fingerprint density at radius 1 is 1.42 bits per heavy atom. The van der Waals surface area contributed by atoms with Gasteiger partial charge in [-0.05, 0) is 20.3 Å². The molecule has 1 aromatic heterocycles. The van der Waals surface area contributed by atoms with Gasteiger partial charge in [0.2, 0.25) is 0 Å². The fourth-order valence-electron chi connectivity index (χ4n) is 1.62. The molecule has 19 heavy (non-hydrogen) atoms. The summed E-state index contributed by atoms with van der Waals surface area (Å²) in [7, 11) is -1.26. The van der Waals surface area contributed by atoms with Gasteiger partial charge in [0.1, 0.15) is 0 Å². The number of rotatable bonds is 6. The molecule has 0 fully saturated rings. The fraction of sp³-hybridized carbons (Fsp3) is 0.750. The Morgan fingerprint density at radius 3 is 2.42 bits per heavy atom. The highest BCUT2D eigenvalue weighted by molar-refractivity contribution is 7.92. The Hall–Kier alpha value is -0.590. The molecule has 0 aliphatic carbocycles. The van der Waals surface area contributed by atoms with Crippen molar-refractivity contribution in [2.24, 2.45) is 7.05 Å². The number of sulfone groups is 1. The quantitative estimate of drug-likeness (QED) is 0.866. The van der Waals surface area contributed by atoms with E-state index in [1.807, 2.05) is 14.0 Å². The molecule has 5 nitrogen and oxygen atoms in total. The number of halogens is 1. The minimum Gasteiger partial charge on any atom is -0.310 e. The molecule has 0 atom stereocenters. The second-order valence-corrected chi connectivity index (χ2v) is 8.35. The van der Waals surface area contributed by atoms with Gasteiger partial charge >= 0.3 is 0 Å². The van der Waals surface area contributed by atoms with Crippen LogP contribution >= 0.6 is 11.6 Å². The number of aromatic nitrogens is 2. The van der Waals surface area contributed by atoms with E-state index in [-0.39, 0.29) is 0 Å². The number of hydrogen-bond donors (Lipinski definition) is 1. The fourth-order valence-corrected chi connectivity index (χ4v) is 2.35. The summed E-state index contributed by atoms with van der Waals surface area (Å²) in [4.78, 5) is 0. The summed E-state index contributed by atoms with van der Waals surface area (Å²) >= 11 is 6.23. The molecule has 0 bridgehead atoms. The average Bonchev–Trinajstić information content (AvgIpc) is 2.54. The van der Waals surface area contributed by atoms with Gasteiger partial charge in [0, 0.05) is 26.4 Å². The van der Waals surface area contributed by atoms with Gasteiger partial charge < -0.3 is 5.32 Å². The lowest BCUT2D eigenvalue weighted by Crippen LogP contribution is -2.41. The van der Waals surface area contributed by atoms with E-state index >= 15 is 0 Å². The standard InChI is InChI=1S/C12H22ClN3O2S/c1-6-9-11(13)10(16(4)15-9)7-14-8-12(2,3)19(5,17)18/h14H,6-8H2,1-5H3. The molecule has 7 heteroatoms. The Morgan fingerprint density at radius 2 is 2.00 bits per heavy atom. The van der Waals surface area contributed by atoms with Gasteiger partial charge in [-0.25, -0.2) is 8.42 Å². The summed E-state index contributed by atoms with van der Waals surface area (Å²) in [5.74, 6) is 0. The molecule has 0 radical (unpaired) electrons. The van der Waals surface area contributed by atoms with Crippen LogP contribution in [-0.2, 0) is 29.9 Å². The van der Waals surface area contributed by atoms with E-state index in [0.29, 0.717) is 18.1 Å². The molecule has 0 aromatic carbocycles. The number of hydrogen-bond acceptors (Lipinski definition) is 4. The lowest BCUT2D eigenvalue weighted by Gasteiger charge is -2.22. The topological polar surface area (TPSA) is 64.0 Å². The smallest absolute Gasteiger partial charge is 0.153 e. The molecule has 0 aliphatic heterocycles. The SMILES string of the molecule is CCc1nn(C)c(CNCC(C)(C)S(C)(=O)=O)c1Cl. The largest absolute Gasteiger partial charge is 0.310 e. The summed E-state index contributed by atoms with van der Waals surface area (Å²) in [5, 5.41) is 8.12. The molecule has 0 aliphatic rings. The van der Waals surface area contributed by atoms with Crippen LogP contribution in [0.5, 0.6) is 0 Å². The van der Waals surface area contributed by atoms with Crippen LogP contribution in [0.1, 0.15) is 32.2 Å². The molecule has 1 N–H and O–H groups in total. The van der Waals surface area contributed by atoms with Crippen molar-refractivity contribution in [3.8, 4) is 0 Å². The van der Waals surface area contributed by atoms with Crippen molar-refractivity contribution in [1.82, 2.24) is 15.1 Å². The zero-order chi connectivity index (χ0) is 14.8. The van der Waals surface area contributed by atoms with E-state index in [9.17, 15) is 8.42 Å². The molecule has 110 valence electrons. The van der Waals surface area contributed by atoms with Crippen molar-refractivity contribution in [3.05, 3.63) is 16.4 Å². The van der Waals surface area contributed by atoms with Crippen molar-refractivity contribution in [1.29, 1.82) is 0 Å². The Bertz CT molecular complexity index is 550. The van der Waals surface area contributed by atoms with Gasteiger partial charge in [0.05, 0.1) is 21.2 Å². The second-order valence-electron chi connectivity index (χ2n) is 5.32. The first-order valence-electron chi connectivity index (χ1n) is 6.20. The zero-order valence-electron chi connectivity index (χ0n) is 12.1. The lowest BCUT2D eigenvalue weighted by atomic mass is 10.2. The Labute approximate surface area is 120 Å². The highest BCUT2D eigenvalue weighted by Gasteiger charge is 2.29. The van der Waals surface area contributed by atoms with E-state index in [1.165, 1.54) is 6.26 Å². The number of nitrogens with one attached hydrogen (secondary N) is 1. The van der Waals surface area contributed by atoms with Crippen molar-refractivity contribution < 1.29 is 8.42 Å². The van der Waals surface area contributed by atoms with Crippen molar-refractivity contribution in [3.63, 3.8) is 0 Å². The van der Waals surface area contributed by atoms with Gasteiger partial charge in [-0.3, -0.25) is 4.68 Å². The van der Waals surface area contributed by atoms with E-state index in [1.54, 1.807) is 18.5 Å². The maximum absolute atomic E-state index is 11.6. The number of aryl methyl sites for hydroxylation is 2. The van der Waals surface area contributed by atoms with Gasteiger partial charge in [0.25, 0.3) is 0 Å². The summed E-state index contributed by atoms with van der Waals surface area (Å²) < 4.78 is 24.1. The van der Waals surface area contributed by atoms with E-state index < -0.39 is 14.6 Å². The minimum absolute atomic E-state index is 0.370. The predicted molar refractivity (Wildman–Crippen MR) is 78.2 cm³/mol. The summed E-state index contributed by atoms with van der Waals surface area (Å²) in [6.45, 7) is 6.28. The van der Waals surface area contributed by atoms with Crippen molar-refractivity contribution >= 4 is 21.4 Å². The molecule has 0 unspecified atom stereocenters. The van der Waals surface area contributed by atoms with E-state index in [0.717, 1.165) is 17.8 Å². The molecule has 1 rings (SSSR count). The van der Waals surface area contributed by atoms with Gasteiger partial charge in [-0.2, -0.15) is 5.10 Å². The summed E-state index contributed by atoms with van der Waals surface area (Å²) in [6.07, 6.45) is 2.03. The van der Waals surface area contributed by atoms with Crippen molar-refractivity contribution in [2.75, 3.05) is 12.8 Å². The monoisotopic (exact) mass is 307 g/mol. The Balaban J connectivity index is 2.72. The third-order valence-electron chi connectivity index (χ3n) is 3.35. The van der Waals surface area contributed by atoms with E-state index in [4.69, 9.17) is 11.6 Å².